The van der Waals surface area contributed by atoms with Gasteiger partial charge in [0.1, 0.15) is 0 Å². The van der Waals surface area contributed by atoms with Crippen LogP contribution in [0.1, 0.15) is 33.6 Å². The summed E-state index contributed by atoms with van der Waals surface area (Å²) in [6.45, 7) is 5.90. The smallest absolute Gasteiger partial charge is 0.151 e. The second-order valence-corrected chi connectivity index (χ2v) is 6.57. The lowest BCUT2D eigenvalue weighted by Crippen LogP contribution is -2.38. The minimum Gasteiger partial charge on any atom is -0.327 e. The van der Waals surface area contributed by atoms with E-state index in [0.29, 0.717) is 5.92 Å². The molecule has 13 heavy (non-hydrogen) atoms. The summed E-state index contributed by atoms with van der Waals surface area (Å²) in [5.41, 5.74) is 5.77. The fourth-order valence-electron chi connectivity index (χ4n) is 1.08. The van der Waals surface area contributed by atoms with E-state index in [4.69, 9.17) is 5.73 Å². The molecule has 0 rings (SSSR count). The molecule has 80 valence electrons. The van der Waals surface area contributed by atoms with Gasteiger partial charge in [0.25, 0.3) is 0 Å². The van der Waals surface area contributed by atoms with Crippen molar-refractivity contribution < 1.29 is 8.42 Å². The molecule has 0 amide bonds. The zero-order chi connectivity index (χ0) is 10.6. The van der Waals surface area contributed by atoms with Gasteiger partial charge in [-0.25, -0.2) is 8.42 Å². The molecule has 0 bridgehead atoms. The van der Waals surface area contributed by atoms with Crippen LogP contribution >= 0.6 is 0 Å². The molecule has 0 aliphatic rings. The molecule has 0 saturated carbocycles. The molecular weight excluding hydrogens is 186 g/mol. The van der Waals surface area contributed by atoms with Gasteiger partial charge in [-0.2, -0.15) is 0 Å². The molecule has 0 aliphatic carbocycles. The molecule has 0 aromatic rings. The second kappa shape index (κ2) is 4.96. The van der Waals surface area contributed by atoms with Gasteiger partial charge in [-0.15, -0.1) is 0 Å². The van der Waals surface area contributed by atoms with Gasteiger partial charge < -0.3 is 5.73 Å². The molecule has 2 N–H and O–H groups in total. The SMILES string of the molecule is CC(C)CCC(N)C(C)S(C)(=O)=O. The van der Waals surface area contributed by atoms with Gasteiger partial charge in [-0.1, -0.05) is 13.8 Å². The minimum absolute atomic E-state index is 0.225. The van der Waals surface area contributed by atoms with E-state index >= 15 is 0 Å². The van der Waals surface area contributed by atoms with Crippen molar-refractivity contribution in [1.82, 2.24) is 0 Å². The van der Waals surface area contributed by atoms with E-state index < -0.39 is 15.1 Å². The molecule has 0 fully saturated rings. The Balaban J connectivity index is 4.05. The third-order valence-corrected chi connectivity index (χ3v) is 4.06. The summed E-state index contributed by atoms with van der Waals surface area (Å²) in [5, 5.41) is -0.425. The van der Waals surface area contributed by atoms with E-state index in [-0.39, 0.29) is 6.04 Å². The lowest BCUT2D eigenvalue weighted by Gasteiger charge is -2.18. The average Bonchev–Trinajstić information content (AvgIpc) is 1.96. The number of rotatable bonds is 5. The zero-order valence-electron chi connectivity index (χ0n) is 8.95. The van der Waals surface area contributed by atoms with Crippen molar-refractivity contribution in [2.75, 3.05) is 6.26 Å². The summed E-state index contributed by atoms with van der Waals surface area (Å²) >= 11 is 0. The van der Waals surface area contributed by atoms with E-state index in [9.17, 15) is 8.42 Å². The predicted molar refractivity (Wildman–Crippen MR) is 56.4 cm³/mol. The lowest BCUT2D eigenvalue weighted by molar-refractivity contribution is 0.481. The predicted octanol–water partition coefficient (Wildman–Crippen LogP) is 1.18. The number of hydrogen-bond acceptors (Lipinski definition) is 3. The molecule has 2 atom stereocenters. The van der Waals surface area contributed by atoms with Crippen LogP contribution in [-0.2, 0) is 9.84 Å². The third-order valence-electron chi connectivity index (χ3n) is 2.36. The topological polar surface area (TPSA) is 60.2 Å². The van der Waals surface area contributed by atoms with Crippen LogP contribution in [0.25, 0.3) is 0 Å². The van der Waals surface area contributed by atoms with Gasteiger partial charge in [0.15, 0.2) is 9.84 Å². The van der Waals surface area contributed by atoms with Crippen molar-refractivity contribution in [3.8, 4) is 0 Å². The van der Waals surface area contributed by atoms with Crippen molar-refractivity contribution in [1.29, 1.82) is 0 Å². The normalized spacial score (nSPS) is 17.4. The summed E-state index contributed by atoms with van der Waals surface area (Å²) in [5.74, 6) is 0.581. The lowest BCUT2D eigenvalue weighted by atomic mass is 10.0. The molecule has 0 saturated heterocycles. The third kappa shape index (κ3) is 5.26. The van der Waals surface area contributed by atoms with Gasteiger partial charge in [0.05, 0.1) is 5.25 Å². The Morgan fingerprint density at radius 1 is 1.15 bits per heavy atom. The van der Waals surface area contributed by atoms with Crippen LogP contribution in [0.3, 0.4) is 0 Å². The molecule has 0 aromatic carbocycles. The second-order valence-electron chi connectivity index (χ2n) is 4.17. The Bertz CT molecular complexity index is 234. The van der Waals surface area contributed by atoms with Crippen molar-refractivity contribution in [3.63, 3.8) is 0 Å². The van der Waals surface area contributed by atoms with Crippen LogP contribution in [-0.4, -0.2) is 26.0 Å². The number of nitrogens with two attached hydrogens (primary N) is 1. The largest absolute Gasteiger partial charge is 0.327 e. The van der Waals surface area contributed by atoms with E-state index in [1.165, 1.54) is 6.26 Å². The van der Waals surface area contributed by atoms with E-state index in [2.05, 4.69) is 13.8 Å². The summed E-state index contributed by atoms with van der Waals surface area (Å²) in [4.78, 5) is 0. The Morgan fingerprint density at radius 3 is 1.92 bits per heavy atom. The highest BCUT2D eigenvalue weighted by molar-refractivity contribution is 7.91. The van der Waals surface area contributed by atoms with E-state index in [1.54, 1.807) is 6.92 Å². The first-order chi connectivity index (χ1) is 5.75. The van der Waals surface area contributed by atoms with Gasteiger partial charge in [-0.05, 0) is 25.7 Å². The summed E-state index contributed by atoms with van der Waals surface area (Å²) in [7, 11) is -2.97. The molecule has 0 radical (unpaired) electrons. The summed E-state index contributed by atoms with van der Waals surface area (Å²) in [6.07, 6.45) is 3.01. The maximum atomic E-state index is 11.1. The first-order valence-corrected chi connectivity index (χ1v) is 6.65. The van der Waals surface area contributed by atoms with Crippen LogP contribution in [0.5, 0.6) is 0 Å². The first kappa shape index (κ1) is 12.9. The van der Waals surface area contributed by atoms with Crippen molar-refractivity contribution in [3.05, 3.63) is 0 Å². The molecular formula is C9H21NO2S. The van der Waals surface area contributed by atoms with Crippen LogP contribution in [0, 0.1) is 5.92 Å². The maximum absolute atomic E-state index is 11.1. The van der Waals surface area contributed by atoms with Gasteiger partial charge in [0.2, 0.25) is 0 Å². The summed E-state index contributed by atoms with van der Waals surface area (Å²) in [6, 6.07) is -0.225. The van der Waals surface area contributed by atoms with Crippen LogP contribution in [0.4, 0.5) is 0 Å². The monoisotopic (exact) mass is 207 g/mol. The Labute approximate surface area is 81.6 Å². The van der Waals surface area contributed by atoms with Crippen molar-refractivity contribution in [2.45, 2.75) is 44.9 Å². The fraction of sp³-hybridized carbons (Fsp3) is 1.00. The van der Waals surface area contributed by atoms with Crippen LogP contribution in [0.2, 0.25) is 0 Å². The standard InChI is InChI=1S/C9H21NO2S/c1-7(2)5-6-9(10)8(3)13(4,11)12/h7-9H,5-6,10H2,1-4H3. The minimum atomic E-state index is -2.97. The van der Waals surface area contributed by atoms with Crippen molar-refractivity contribution in [2.24, 2.45) is 11.7 Å². The molecule has 3 nitrogen and oxygen atoms in total. The Kier molecular flexibility index (Phi) is 4.92. The summed E-state index contributed by atoms with van der Waals surface area (Å²) < 4.78 is 22.3. The first-order valence-electron chi connectivity index (χ1n) is 4.69. The van der Waals surface area contributed by atoms with Gasteiger partial charge in [-0.3, -0.25) is 0 Å². The average molecular weight is 207 g/mol. The molecule has 4 heteroatoms. The molecule has 2 unspecified atom stereocenters. The highest BCUT2D eigenvalue weighted by Gasteiger charge is 2.22. The number of hydrogen-bond donors (Lipinski definition) is 1. The fourth-order valence-corrected chi connectivity index (χ4v) is 1.85. The maximum Gasteiger partial charge on any atom is 0.151 e. The van der Waals surface area contributed by atoms with Gasteiger partial charge >= 0.3 is 0 Å². The van der Waals surface area contributed by atoms with Gasteiger partial charge in [0, 0.05) is 12.3 Å². The van der Waals surface area contributed by atoms with E-state index in [0.717, 1.165) is 12.8 Å². The highest BCUT2D eigenvalue weighted by atomic mass is 32.2. The molecule has 0 spiro atoms. The molecule has 0 heterocycles. The van der Waals surface area contributed by atoms with Crippen molar-refractivity contribution >= 4 is 9.84 Å². The quantitative estimate of drug-likeness (QED) is 0.736. The molecule has 0 aromatic heterocycles. The van der Waals surface area contributed by atoms with E-state index in [1.807, 2.05) is 0 Å². The van der Waals surface area contributed by atoms with Crippen LogP contribution in [0.15, 0.2) is 0 Å². The van der Waals surface area contributed by atoms with Crippen LogP contribution < -0.4 is 5.73 Å². The highest BCUT2D eigenvalue weighted by Crippen LogP contribution is 2.11. The zero-order valence-corrected chi connectivity index (χ0v) is 9.76. The number of sulfone groups is 1. The Hall–Kier alpha value is -0.0900. The Morgan fingerprint density at radius 2 is 1.62 bits per heavy atom. The molecule has 0 aliphatic heterocycles.